The predicted octanol–water partition coefficient (Wildman–Crippen LogP) is 17.0. The monoisotopic (exact) mass is 1240 g/mol. The fourth-order valence-electron chi connectivity index (χ4n) is 8.90. The first-order valence-corrected chi connectivity index (χ1v) is 35.5. The summed E-state index contributed by atoms with van der Waals surface area (Å²) in [7, 11) is 0. The molecule has 3 aromatic rings. The average Bonchev–Trinajstić information content (AvgIpc) is 2.01. The van der Waals surface area contributed by atoms with E-state index in [0.717, 1.165) is 142 Å². The van der Waals surface area contributed by atoms with Crippen LogP contribution in [0.4, 0.5) is 5.82 Å². The van der Waals surface area contributed by atoms with E-state index in [9.17, 15) is 19.2 Å². The van der Waals surface area contributed by atoms with Gasteiger partial charge in [-0.05, 0) is 83.1 Å². The molecule has 0 saturated carbocycles. The number of hydrogen-bond donors (Lipinski definition) is 1. The average molecular weight is 1240 g/mol. The zero-order valence-electron chi connectivity index (χ0n) is 58.2. The van der Waals surface area contributed by atoms with E-state index in [-0.39, 0.29) is 61.5 Å². The molecular formula is C76H127Li2N3O7S-4. The number of benzene rings is 1. The number of aromatic nitrogens is 2. The van der Waals surface area contributed by atoms with Crippen LogP contribution in [0.25, 0.3) is 21.1 Å². The van der Waals surface area contributed by atoms with Gasteiger partial charge in [0.1, 0.15) is 25.3 Å². The molecule has 89 heavy (non-hydrogen) atoms. The van der Waals surface area contributed by atoms with E-state index in [2.05, 4.69) is 104 Å². The quantitative estimate of drug-likeness (QED) is 0.0146. The molecule has 0 unspecified atom stereocenters. The van der Waals surface area contributed by atoms with Crippen LogP contribution in [0.5, 0.6) is 0 Å². The van der Waals surface area contributed by atoms with Crippen LogP contribution in [0.15, 0.2) is 60.7 Å². The third kappa shape index (κ3) is 60.8. The van der Waals surface area contributed by atoms with Gasteiger partial charge >= 0.3 is 55.6 Å². The second-order valence-electron chi connectivity index (χ2n) is 22.4. The SMILES string of the molecule is [CH2-]CCCCC(=O)Nc1nc2ccccc2c2sc(CCC)nc12.[CH2-]CCCCCCCC(=O)OC/C=C\CCCCCC.[CH2-]CCCCCCCC(=O)OC/C=C\CCCCCC.[CH2-]CCCCCCCC(=O)OC/C=C\CCCCCC.[CH2-]C[CH2-].[Li+].[Li+]. The van der Waals surface area contributed by atoms with Crippen molar-refractivity contribution in [1.82, 2.24) is 9.97 Å². The maximum absolute atomic E-state index is 12.2. The summed E-state index contributed by atoms with van der Waals surface area (Å²) in [5.41, 5.74) is 1.71. The number of fused-ring (bicyclic) bond motifs is 3. The summed E-state index contributed by atoms with van der Waals surface area (Å²) in [5, 5.41) is 5.16. The fourth-order valence-corrected chi connectivity index (χ4v) is 10.1. The second-order valence-corrected chi connectivity index (χ2v) is 23.4. The number of rotatable bonds is 49. The van der Waals surface area contributed by atoms with Crippen molar-refractivity contribution >= 4 is 62.1 Å². The summed E-state index contributed by atoms with van der Waals surface area (Å²) in [6.45, 7) is 32.1. The number of esters is 3. The molecule has 0 saturated heterocycles. The third-order valence-corrected chi connectivity index (χ3v) is 15.1. The Morgan fingerprint density at radius 1 is 0.438 bits per heavy atom. The predicted molar refractivity (Wildman–Crippen MR) is 376 cm³/mol. The molecule has 0 aliphatic heterocycles. The van der Waals surface area contributed by atoms with E-state index in [1.165, 1.54) is 135 Å². The molecule has 1 N–H and O–H groups in total. The van der Waals surface area contributed by atoms with Gasteiger partial charge in [0.2, 0.25) is 5.91 Å². The largest absolute Gasteiger partial charge is 1.00 e. The summed E-state index contributed by atoms with van der Waals surface area (Å²) in [4.78, 5) is 55.9. The topological polar surface area (TPSA) is 134 Å². The molecule has 10 nitrogen and oxygen atoms in total. The maximum atomic E-state index is 12.2. The molecule has 13 heteroatoms. The summed E-state index contributed by atoms with van der Waals surface area (Å²) >= 11 is 1.70. The van der Waals surface area contributed by atoms with Crippen LogP contribution in [0.2, 0.25) is 0 Å². The number of carbonyl (C=O) groups is 4. The van der Waals surface area contributed by atoms with E-state index in [0.29, 0.717) is 51.3 Å². The van der Waals surface area contributed by atoms with Gasteiger partial charge in [-0.15, -0.1) is 11.3 Å². The van der Waals surface area contributed by atoms with Gasteiger partial charge < -0.3 is 67.5 Å². The third-order valence-electron chi connectivity index (χ3n) is 14.0. The van der Waals surface area contributed by atoms with Crippen molar-refractivity contribution in [3.05, 3.63) is 107 Å². The number of nitrogens with one attached hydrogen (secondary N) is 1. The molecule has 1 amide bonds. The van der Waals surface area contributed by atoms with Gasteiger partial charge in [0.05, 0.1) is 15.2 Å². The Labute approximate surface area is 575 Å². The van der Waals surface area contributed by atoms with E-state index >= 15 is 0 Å². The Balaban J connectivity index is -0.000000531. The van der Waals surface area contributed by atoms with Gasteiger partial charge in [-0.3, -0.25) is 19.2 Å². The number of pyridine rings is 1. The summed E-state index contributed by atoms with van der Waals surface area (Å²) < 4.78 is 16.6. The van der Waals surface area contributed by atoms with E-state index in [1.54, 1.807) is 11.3 Å². The fraction of sp³-hybridized carbons (Fsp3) is 0.658. The number of para-hydroxylation sites is 1. The minimum Gasteiger partial charge on any atom is -0.461 e. The zero-order chi connectivity index (χ0) is 64.3. The number of amides is 1. The van der Waals surface area contributed by atoms with E-state index in [1.807, 2.05) is 36.4 Å². The van der Waals surface area contributed by atoms with Crippen LogP contribution < -0.4 is 43.0 Å². The molecule has 0 aliphatic carbocycles. The van der Waals surface area contributed by atoms with Gasteiger partial charge in [-0.2, -0.15) is 25.7 Å². The van der Waals surface area contributed by atoms with Crippen LogP contribution >= 0.6 is 11.3 Å². The Morgan fingerprint density at radius 3 is 1.17 bits per heavy atom. The van der Waals surface area contributed by atoms with Gasteiger partial charge in [-0.1, -0.05) is 224 Å². The number of aryl methyl sites for hydroxylation is 1. The van der Waals surface area contributed by atoms with Crippen molar-refractivity contribution in [3.8, 4) is 0 Å². The van der Waals surface area contributed by atoms with Crippen LogP contribution in [-0.2, 0) is 39.8 Å². The minimum absolute atomic E-state index is 0. The first-order valence-electron chi connectivity index (χ1n) is 34.7. The minimum atomic E-state index is -0.0576. The van der Waals surface area contributed by atoms with E-state index < -0.39 is 0 Å². The zero-order valence-corrected chi connectivity index (χ0v) is 59.0. The number of unbranched alkanes of at least 4 members (excludes halogenated alkanes) is 29. The number of thiazole rings is 1. The van der Waals surface area contributed by atoms with Crippen molar-refractivity contribution in [1.29, 1.82) is 0 Å². The molecule has 2 heterocycles. The van der Waals surface area contributed by atoms with Crippen LogP contribution in [0, 0.1) is 41.5 Å². The smallest absolute Gasteiger partial charge is 0.461 e. The number of ether oxygens (including phenoxy) is 3. The van der Waals surface area contributed by atoms with Gasteiger partial charge in [0.25, 0.3) is 0 Å². The Morgan fingerprint density at radius 2 is 0.787 bits per heavy atom. The van der Waals surface area contributed by atoms with E-state index in [4.69, 9.17) is 19.2 Å². The number of anilines is 1. The van der Waals surface area contributed by atoms with Crippen molar-refractivity contribution < 1.29 is 71.1 Å². The van der Waals surface area contributed by atoms with Crippen LogP contribution in [0.1, 0.15) is 302 Å². The number of allylic oxidation sites excluding steroid dienone is 3. The summed E-state index contributed by atoms with van der Waals surface area (Å²) in [6, 6.07) is 8.03. The molecule has 500 valence electrons. The van der Waals surface area contributed by atoms with Crippen molar-refractivity contribution in [2.75, 3.05) is 25.1 Å². The molecule has 0 atom stereocenters. The molecule has 2 aromatic heterocycles. The Hall–Kier alpha value is -3.19. The summed E-state index contributed by atoms with van der Waals surface area (Å²) in [6.07, 6.45) is 58.9. The molecule has 3 rings (SSSR count). The standard InChI is InChI=1S/C19H22N3OS.3C18H33O2.C3H6.2Li/c1-3-5-6-12-15(23)21-19-17-18(24-16(22-17)9-4-2)13-10-7-8-11-14(13)20-19;3*1-3-5-7-9-11-13-15-17-20-18(19)16-14-12-10-8-6-4-2;1-3-2;;/h7-8,10-11H,1,3-6,9,12H2,2H3,(H,20,21,23);3*13,15H,2-12,14,16-17H2,1H3;1-3H2;;/q4*-1;-2;2*+1/b;3*15-13-;;;. The number of hydrogen-bond acceptors (Lipinski definition) is 10. The van der Waals surface area contributed by atoms with Crippen molar-refractivity contribution in [3.63, 3.8) is 0 Å². The molecule has 0 spiro atoms. The maximum Gasteiger partial charge on any atom is 1.00 e. The molecule has 0 fully saturated rings. The van der Waals surface area contributed by atoms with Gasteiger partial charge in [0, 0.05) is 31.1 Å². The molecule has 0 bridgehead atoms. The van der Waals surface area contributed by atoms with Crippen molar-refractivity contribution in [2.24, 2.45) is 0 Å². The van der Waals surface area contributed by atoms with Gasteiger partial charge in [-0.25, -0.2) is 9.97 Å². The first-order chi connectivity index (χ1) is 42.6. The normalized spacial score (nSPS) is 10.7. The Bertz CT molecular complexity index is 2010. The van der Waals surface area contributed by atoms with Gasteiger partial charge in [0.15, 0.2) is 5.82 Å². The number of nitrogens with zero attached hydrogens (tertiary/aromatic N) is 2. The molecule has 0 radical (unpaired) electrons. The Kier molecular flexibility index (Phi) is 76.5. The van der Waals surface area contributed by atoms with Crippen LogP contribution in [-0.4, -0.2) is 53.6 Å². The number of carbonyl (C=O) groups excluding carboxylic acids is 4. The molecule has 0 aliphatic rings. The van der Waals surface area contributed by atoms with Crippen molar-refractivity contribution in [2.45, 2.75) is 304 Å². The first kappa shape index (κ1) is 92.2. The van der Waals surface area contributed by atoms with Crippen LogP contribution in [0.3, 0.4) is 0 Å². The second kappa shape index (κ2) is 73.9. The molecular weight excluding hydrogens is 1110 g/mol. The molecule has 1 aromatic carbocycles. The summed E-state index contributed by atoms with van der Waals surface area (Å²) in [5.74, 6) is 0.410.